The Morgan fingerprint density at radius 3 is 2.69 bits per heavy atom. The number of hydrogen-bond donors (Lipinski definition) is 2. The fourth-order valence-electron chi connectivity index (χ4n) is 0.972. The number of carbonyl (C=O) groups excluding carboxylic acids is 1. The van der Waals surface area contributed by atoms with Crippen LogP contribution in [0.15, 0.2) is 18.2 Å². The molecule has 0 aliphatic carbocycles. The molecule has 0 aliphatic rings. The van der Waals surface area contributed by atoms with Crippen LogP contribution in [0, 0.1) is 12.7 Å². The van der Waals surface area contributed by atoms with Gasteiger partial charge in [-0.3, -0.25) is 10.2 Å². The van der Waals surface area contributed by atoms with Crippen LogP contribution in [0.2, 0.25) is 0 Å². The summed E-state index contributed by atoms with van der Waals surface area (Å²) >= 11 is 0. The van der Waals surface area contributed by atoms with Gasteiger partial charge in [0.05, 0.1) is 0 Å². The van der Waals surface area contributed by atoms with E-state index in [1.54, 1.807) is 14.0 Å². The van der Waals surface area contributed by atoms with Gasteiger partial charge < -0.3 is 0 Å². The number of rotatable bonds is 2. The molecule has 2 N–H and O–H groups in total. The van der Waals surface area contributed by atoms with Crippen molar-refractivity contribution in [2.45, 2.75) is 6.92 Å². The van der Waals surface area contributed by atoms with Crippen LogP contribution in [0.3, 0.4) is 0 Å². The van der Waals surface area contributed by atoms with Crippen molar-refractivity contribution in [1.29, 1.82) is 0 Å². The molecule has 0 spiro atoms. The van der Waals surface area contributed by atoms with Gasteiger partial charge in [0.25, 0.3) is 5.91 Å². The molecule has 0 bridgehead atoms. The average Bonchev–Trinajstić information content (AvgIpc) is 2.10. The molecule has 0 aromatic heterocycles. The van der Waals surface area contributed by atoms with Gasteiger partial charge in [-0.15, -0.1) is 0 Å². The van der Waals surface area contributed by atoms with Crippen LogP contribution >= 0.6 is 0 Å². The lowest BCUT2D eigenvalue weighted by Crippen LogP contribution is -2.34. The maximum absolute atomic E-state index is 12.8. The topological polar surface area (TPSA) is 41.1 Å². The summed E-state index contributed by atoms with van der Waals surface area (Å²) in [4.78, 5) is 11.2. The first-order chi connectivity index (χ1) is 6.15. The second-order valence-electron chi connectivity index (χ2n) is 2.67. The van der Waals surface area contributed by atoms with Crippen molar-refractivity contribution >= 4 is 5.91 Å². The molecule has 70 valence electrons. The van der Waals surface area contributed by atoms with Gasteiger partial charge in [-0.2, -0.15) is 0 Å². The third-order valence-electron chi connectivity index (χ3n) is 1.66. The summed E-state index contributed by atoms with van der Waals surface area (Å²) in [5.41, 5.74) is 5.80. The van der Waals surface area contributed by atoms with Gasteiger partial charge in [0.2, 0.25) is 0 Å². The Balaban J connectivity index is 2.90. The Labute approximate surface area is 75.9 Å². The minimum atomic E-state index is -0.305. The van der Waals surface area contributed by atoms with Gasteiger partial charge in [0.15, 0.2) is 0 Å². The zero-order valence-electron chi connectivity index (χ0n) is 7.52. The van der Waals surface area contributed by atoms with Crippen LogP contribution in [0.5, 0.6) is 0 Å². The SMILES string of the molecule is CNNC(=O)c1ccc(F)c(C)c1. The molecule has 4 heteroatoms. The summed E-state index contributed by atoms with van der Waals surface area (Å²) in [5.74, 6) is -0.577. The van der Waals surface area contributed by atoms with Gasteiger partial charge in [0, 0.05) is 12.6 Å². The third-order valence-corrected chi connectivity index (χ3v) is 1.66. The molecule has 0 fully saturated rings. The number of hydrogen-bond acceptors (Lipinski definition) is 2. The lowest BCUT2D eigenvalue weighted by molar-refractivity contribution is 0.0938. The summed E-state index contributed by atoms with van der Waals surface area (Å²) in [6, 6.07) is 4.22. The molecule has 1 rings (SSSR count). The summed E-state index contributed by atoms with van der Waals surface area (Å²) in [6.07, 6.45) is 0. The molecule has 1 aromatic carbocycles. The van der Waals surface area contributed by atoms with E-state index in [0.29, 0.717) is 11.1 Å². The van der Waals surface area contributed by atoms with Gasteiger partial charge >= 0.3 is 0 Å². The van der Waals surface area contributed by atoms with Crippen molar-refractivity contribution in [3.8, 4) is 0 Å². The van der Waals surface area contributed by atoms with E-state index in [9.17, 15) is 9.18 Å². The van der Waals surface area contributed by atoms with E-state index in [0.717, 1.165) is 0 Å². The Morgan fingerprint density at radius 1 is 1.46 bits per heavy atom. The maximum Gasteiger partial charge on any atom is 0.265 e. The quantitative estimate of drug-likeness (QED) is 0.670. The maximum atomic E-state index is 12.8. The van der Waals surface area contributed by atoms with E-state index < -0.39 is 0 Å². The van der Waals surface area contributed by atoms with Crippen molar-refractivity contribution in [1.82, 2.24) is 10.9 Å². The van der Waals surface area contributed by atoms with Crippen molar-refractivity contribution in [2.75, 3.05) is 7.05 Å². The van der Waals surface area contributed by atoms with Crippen LogP contribution in [-0.2, 0) is 0 Å². The number of aryl methyl sites for hydroxylation is 1. The molecule has 1 amide bonds. The van der Waals surface area contributed by atoms with E-state index >= 15 is 0 Å². The zero-order chi connectivity index (χ0) is 9.84. The standard InChI is InChI=1S/C9H11FN2O/c1-6-5-7(3-4-8(6)10)9(13)12-11-2/h3-5,11H,1-2H3,(H,12,13). The van der Waals surface area contributed by atoms with Crippen molar-refractivity contribution < 1.29 is 9.18 Å². The number of amides is 1. The highest BCUT2D eigenvalue weighted by molar-refractivity contribution is 5.93. The molecule has 0 atom stereocenters. The van der Waals surface area contributed by atoms with Crippen molar-refractivity contribution in [3.63, 3.8) is 0 Å². The largest absolute Gasteiger partial charge is 0.288 e. The third kappa shape index (κ3) is 2.26. The van der Waals surface area contributed by atoms with E-state index in [2.05, 4.69) is 10.9 Å². The highest BCUT2D eigenvalue weighted by Gasteiger charge is 2.05. The fraction of sp³-hybridized carbons (Fsp3) is 0.222. The van der Waals surface area contributed by atoms with Crippen molar-refractivity contribution in [2.24, 2.45) is 0 Å². The first-order valence-corrected chi connectivity index (χ1v) is 3.88. The lowest BCUT2D eigenvalue weighted by Gasteiger charge is -2.03. The fourth-order valence-corrected chi connectivity index (χ4v) is 0.972. The molecule has 0 unspecified atom stereocenters. The summed E-state index contributed by atoms with van der Waals surface area (Å²) in [7, 11) is 1.59. The Hall–Kier alpha value is -1.42. The minimum absolute atomic E-state index is 0.273. The zero-order valence-corrected chi connectivity index (χ0v) is 7.52. The molecular formula is C9H11FN2O. The van der Waals surface area contributed by atoms with Gasteiger partial charge in [-0.25, -0.2) is 9.82 Å². The number of nitrogens with one attached hydrogen (secondary N) is 2. The number of carbonyl (C=O) groups is 1. The first-order valence-electron chi connectivity index (χ1n) is 3.88. The van der Waals surface area contributed by atoms with Crippen LogP contribution < -0.4 is 10.9 Å². The molecule has 0 heterocycles. The Morgan fingerprint density at radius 2 is 2.15 bits per heavy atom. The highest BCUT2D eigenvalue weighted by atomic mass is 19.1. The predicted molar refractivity (Wildman–Crippen MR) is 47.7 cm³/mol. The Kier molecular flexibility index (Phi) is 2.97. The van der Waals surface area contributed by atoms with Crippen LogP contribution in [0.4, 0.5) is 4.39 Å². The van der Waals surface area contributed by atoms with Crippen LogP contribution in [0.1, 0.15) is 15.9 Å². The van der Waals surface area contributed by atoms with Crippen molar-refractivity contribution in [3.05, 3.63) is 35.1 Å². The monoisotopic (exact) mass is 182 g/mol. The Bertz CT molecular complexity index is 325. The molecule has 0 radical (unpaired) electrons. The predicted octanol–water partition coefficient (Wildman–Crippen LogP) is 0.998. The van der Waals surface area contributed by atoms with Crippen LogP contribution in [-0.4, -0.2) is 13.0 Å². The lowest BCUT2D eigenvalue weighted by atomic mass is 10.1. The first kappa shape index (κ1) is 9.67. The number of halogens is 1. The van der Waals surface area contributed by atoms with E-state index in [-0.39, 0.29) is 11.7 Å². The van der Waals surface area contributed by atoms with Crippen LogP contribution in [0.25, 0.3) is 0 Å². The van der Waals surface area contributed by atoms with E-state index in [1.165, 1.54) is 18.2 Å². The molecule has 0 saturated heterocycles. The highest BCUT2D eigenvalue weighted by Crippen LogP contribution is 2.08. The second-order valence-corrected chi connectivity index (χ2v) is 2.67. The van der Waals surface area contributed by atoms with E-state index in [1.807, 2.05) is 0 Å². The molecule has 0 saturated carbocycles. The van der Waals surface area contributed by atoms with Gasteiger partial charge in [-0.05, 0) is 30.7 Å². The normalized spacial score (nSPS) is 9.77. The molecule has 13 heavy (non-hydrogen) atoms. The molecule has 3 nitrogen and oxygen atoms in total. The average molecular weight is 182 g/mol. The summed E-state index contributed by atoms with van der Waals surface area (Å²) in [6.45, 7) is 1.62. The summed E-state index contributed by atoms with van der Waals surface area (Å²) < 4.78 is 12.8. The number of hydrazine groups is 1. The van der Waals surface area contributed by atoms with Gasteiger partial charge in [0.1, 0.15) is 5.82 Å². The molecule has 1 aromatic rings. The second kappa shape index (κ2) is 4.00. The van der Waals surface area contributed by atoms with Gasteiger partial charge in [-0.1, -0.05) is 0 Å². The summed E-state index contributed by atoms with van der Waals surface area (Å²) in [5, 5.41) is 0. The minimum Gasteiger partial charge on any atom is -0.288 e. The molecular weight excluding hydrogens is 171 g/mol. The smallest absolute Gasteiger partial charge is 0.265 e. The number of benzene rings is 1. The van der Waals surface area contributed by atoms with E-state index in [4.69, 9.17) is 0 Å². The molecule has 0 aliphatic heterocycles.